The molecule has 0 aromatic heterocycles. The summed E-state index contributed by atoms with van der Waals surface area (Å²) in [5.74, 6) is -0.180. The molecule has 1 aliphatic carbocycles. The molecular weight excluding hydrogens is 526 g/mol. The van der Waals surface area contributed by atoms with Crippen molar-refractivity contribution in [1.82, 2.24) is 0 Å². The molecule has 0 unspecified atom stereocenters. The third-order valence-electron chi connectivity index (χ3n) is 5.79. The summed E-state index contributed by atoms with van der Waals surface area (Å²) in [5.41, 5.74) is 8.18. The molecule has 178 valence electrons. The van der Waals surface area contributed by atoms with Crippen molar-refractivity contribution >= 4 is 39.3 Å². The van der Waals surface area contributed by atoms with Gasteiger partial charge in [0.1, 0.15) is 17.9 Å². The summed E-state index contributed by atoms with van der Waals surface area (Å²) in [6, 6.07) is 10.8. The van der Waals surface area contributed by atoms with Crippen LogP contribution in [0, 0.1) is 0 Å². The van der Waals surface area contributed by atoms with Crippen LogP contribution in [0.4, 0.5) is 0 Å². The van der Waals surface area contributed by atoms with Gasteiger partial charge in [-0.1, -0.05) is 39.7 Å². The number of allylic oxidation sites excluding steroid dienone is 2. The lowest BCUT2D eigenvalue weighted by Gasteiger charge is -2.33. The van der Waals surface area contributed by atoms with Crippen molar-refractivity contribution in [2.75, 3.05) is 14.2 Å². The van der Waals surface area contributed by atoms with Gasteiger partial charge >= 0.3 is 5.97 Å². The highest BCUT2D eigenvalue weighted by Crippen LogP contribution is 2.48. The normalized spacial score (nSPS) is 17.8. The first-order valence-corrected chi connectivity index (χ1v) is 11.8. The number of ether oxygens (including phenoxy) is 4. The number of hydrogen-bond acceptors (Lipinski definition) is 7. The van der Waals surface area contributed by atoms with Gasteiger partial charge in [0.15, 0.2) is 17.3 Å². The Morgan fingerprint density at radius 3 is 2.59 bits per heavy atom. The standard InChI is InChI=1S/C25H23BrClNO6/c1-31-19-10-15(16(26)11-20(19)33-12-13-6-8-14(27)9-7-13)21-22-17(29)4-3-5-18(22)34-24(28)23(21)25(30)32-2/h6-11,21H,3-5,12,28H2,1-2H3/t21-/m0/s1. The second-order valence-corrected chi connectivity index (χ2v) is 9.15. The number of hydrogen-bond donors (Lipinski definition) is 1. The quantitative estimate of drug-likeness (QED) is 0.498. The molecule has 7 nitrogen and oxygen atoms in total. The van der Waals surface area contributed by atoms with Gasteiger partial charge in [-0.25, -0.2) is 4.79 Å². The first kappa shape index (κ1) is 24.2. The fourth-order valence-corrected chi connectivity index (χ4v) is 4.84. The predicted octanol–water partition coefficient (Wildman–Crippen LogP) is 5.15. The SMILES string of the molecule is COC(=O)C1=C(N)OC2=C(C(=O)CCC2)[C@@H]1c1cc(OC)c(OCc2ccc(Cl)cc2)cc1Br. The molecule has 1 atom stereocenters. The lowest BCUT2D eigenvalue weighted by molar-refractivity contribution is -0.136. The molecule has 9 heteroatoms. The van der Waals surface area contributed by atoms with Crippen molar-refractivity contribution < 1.29 is 28.5 Å². The fourth-order valence-electron chi connectivity index (χ4n) is 4.16. The third kappa shape index (κ3) is 4.65. The van der Waals surface area contributed by atoms with Crippen LogP contribution in [0.1, 0.15) is 36.3 Å². The Bertz CT molecular complexity index is 1200. The number of benzene rings is 2. The highest BCUT2D eigenvalue weighted by Gasteiger charge is 2.42. The molecule has 0 radical (unpaired) electrons. The lowest BCUT2D eigenvalue weighted by atomic mass is 9.77. The highest BCUT2D eigenvalue weighted by atomic mass is 79.9. The molecule has 2 aromatic rings. The van der Waals surface area contributed by atoms with E-state index in [2.05, 4.69) is 15.9 Å². The van der Waals surface area contributed by atoms with Crippen molar-refractivity contribution in [3.63, 3.8) is 0 Å². The van der Waals surface area contributed by atoms with E-state index in [-0.39, 0.29) is 17.2 Å². The third-order valence-corrected chi connectivity index (χ3v) is 6.73. The minimum Gasteiger partial charge on any atom is -0.493 e. The van der Waals surface area contributed by atoms with Crippen LogP contribution in [0.2, 0.25) is 5.02 Å². The molecule has 0 saturated carbocycles. The maximum absolute atomic E-state index is 13.0. The summed E-state index contributed by atoms with van der Waals surface area (Å²) in [7, 11) is 2.78. The van der Waals surface area contributed by atoms with E-state index >= 15 is 0 Å². The van der Waals surface area contributed by atoms with E-state index in [1.54, 1.807) is 24.3 Å². The maximum atomic E-state index is 13.0. The molecule has 1 aliphatic heterocycles. The smallest absolute Gasteiger partial charge is 0.340 e. The van der Waals surface area contributed by atoms with Crippen molar-refractivity contribution in [3.05, 3.63) is 79.8 Å². The number of nitrogens with two attached hydrogens (primary N) is 1. The number of esters is 1. The molecule has 0 saturated heterocycles. The van der Waals surface area contributed by atoms with Gasteiger partial charge < -0.3 is 24.7 Å². The summed E-state index contributed by atoms with van der Waals surface area (Å²) in [6.07, 6.45) is 1.58. The molecule has 1 heterocycles. The summed E-state index contributed by atoms with van der Waals surface area (Å²) in [6.45, 7) is 0.296. The van der Waals surface area contributed by atoms with Crippen LogP contribution in [-0.4, -0.2) is 26.0 Å². The minimum atomic E-state index is -0.766. The molecule has 2 aliphatic rings. The second kappa shape index (κ2) is 10.1. The van der Waals surface area contributed by atoms with Crippen molar-refractivity contribution in [3.8, 4) is 11.5 Å². The Labute approximate surface area is 210 Å². The van der Waals surface area contributed by atoms with Crippen LogP contribution in [0.15, 0.2) is 63.7 Å². The van der Waals surface area contributed by atoms with Crippen LogP contribution >= 0.6 is 27.5 Å². The Balaban J connectivity index is 1.76. The van der Waals surface area contributed by atoms with Crippen LogP contribution < -0.4 is 15.2 Å². The van der Waals surface area contributed by atoms with E-state index in [0.717, 1.165) is 5.56 Å². The van der Waals surface area contributed by atoms with Gasteiger partial charge in [-0.2, -0.15) is 0 Å². The molecular formula is C25H23BrClNO6. The molecule has 0 fully saturated rings. The zero-order valence-electron chi connectivity index (χ0n) is 18.7. The molecule has 2 aromatic carbocycles. The Kier molecular flexibility index (Phi) is 7.19. The monoisotopic (exact) mass is 547 g/mol. The first-order valence-electron chi connectivity index (χ1n) is 10.6. The van der Waals surface area contributed by atoms with Gasteiger partial charge in [0.25, 0.3) is 0 Å². The lowest BCUT2D eigenvalue weighted by Crippen LogP contribution is -2.31. The summed E-state index contributed by atoms with van der Waals surface area (Å²) in [4.78, 5) is 25.7. The van der Waals surface area contributed by atoms with E-state index in [0.29, 0.717) is 63.8 Å². The van der Waals surface area contributed by atoms with Crippen LogP contribution in [-0.2, 0) is 25.7 Å². The van der Waals surface area contributed by atoms with Gasteiger partial charge in [-0.3, -0.25) is 4.79 Å². The molecule has 0 amide bonds. The molecule has 34 heavy (non-hydrogen) atoms. The van der Waals surface area contributed by atoms with Crippen molar-refractivity contribution in [2.45, 2.75) is 31.8 Å². The molecule has 0 spiro atoms. The largest absolute Gasteiger partial charge is 0.493 e. The Morgan fingerprint density at radius 1 is 1.18 bits per heavy atom. The number of halogens is 2. The Hall–Kier alpha value is -2.97. The summed E-state index contributed by atoms with van der Waals surface area (Å²) in [5, 5.41) is 0.643. The number of Topliss-reactive ketones (excluding diaryl/α,β-unsaturated/α-hetero) is 1. The van der Waals surface area contributed by atoms with E-state index in [9.17, 15) is 9.59 Å². The zero-order valence-corrected chi connectivity index (χ0v) is 21.0. The Morgan fingerprint density at radius 2 is 1.91 bits per heavy atom. The van der Waals surface area contributed by atoms with Crippen LogP contribution in [0.3, 0.4) is 0 Å². The number of carbonyl (C=O) groups is 2. The minimum absolute atomic E-state index is 0.0702. The van der Waals surface area contributed by atoms with E-state index in [1.165, 1.54) is 14.2 Å². The van der Waals surface area contributed by atoms with Crippen molar-refractivity contribution in [2.24, 2.45) is 5.73 Å². The molecule has 2 N–H and O–H groups in total. The topological polar surface area (TPSA) is 97.1 Å². The molecule has 4 rings (SSSR count). The second-order valence-electron chi connectivity index (χ2n) is 7.86. The van der Waals surface area contributed by atoms with Crippen LogP contribution in [0.5, 0.6) is 11.5 Å². The van der Waals surface area contributed by atoms with Gasteiger partial charge in [0.05, 0.1) is 20.1 Å². The number of rotatable bonds is 6. The van der Waals surface area contributed by atoms with E-state index < -0.39 is 11.9 Å². The summed E-state index contributed by atoms with van der Waals surface area (Å²) >= 11 is 9.55. The maximum Gasteiger partial charge on any atom is 0.340 e. The van der Waals surface area contributed by atoms with Gasteiger partial charge in [0, 0.05) is 27.9 Å². The molecule has 0 bridgehead atoms. The van der Waals surface area contributed by atoms with Gasteiger partial charge in [0.2, 0.25) is 5.88 Å². The van der Waals surface area contributed by atoms with E-state index in [4.69, 9.17) is 36.3 Å². The number of carbonyl (C=O) groups excluding carboxylic acids is 2. The highest BCUT2D eigenvalue weighted by molar-refractivity contribution is 9.10. The zero-order chi connectivity index (χ0) is 24.4. The average Bonchev–Trinajstić information content (AvgIpc) is 2.82. The summed E-state index contributed by atoms with van der Waals surface area (Å²) < 4.78 is 22.9. The average molecular weight is 549 g/mol. The van der Waals surface area contributed by atoms with Gasteiger partial charge in [-0.15, -0.1) is 0 Å². The van der Waals surface area contributed by atoms with Gasteiger partial charge in [-0.05, 0) is 41.8 Å². The van der Waals surface area contributed by atoms with Crippen LogP contribution in [0.25, 0.3) is 0 Å². The predicted molar refractivity (Wildman–Crippen MR) is 129 cm³/mol. The fraction of sp³-hybridized carbons (Fsp3) is 0.280. The van der Waals surface area contributed by atoms with E-state index in [1.807, 2.05) is 12.1 Å². The van der Waals surface area contributed by atoms with Crippen molar-refractivity contribution in [1.29, 1.82) is 0 Å². The number of methoxy groups -OCH3 is 2. The number of ketones is 1. The first-order chi connectivity index (χ1) is 16.3.